The minimum atomic E-state index is -0.131. The van der Waals surface area contributed by atoms with E-state index in [1.807, 2.05) is 6.07 Å². The lowest BCUT2D eigenvalue weighted by Crippen LogP contribution is -2.34. The Morgan fingerprint density at radius 1 is 1.11 bits per heavy atom. The quantitative estimate of drug-likeness (QED) is 0.641. The van der Waals surface area contributed by atoms with Gasteiger partial charge in [0.15, 0.2) is 0 Å². The van der Waals surface area contributed by atoms with Crippen LogP contribution in [-0.2, 0) is 6.54 Å². The number of benzene rings is 1. The molecule has 3 N–H and O–H groups in total. The third kappa shape index (κ3) is 3.94. The molecular weight excluding hydrogens is 442 g/mol. The molecule has 0 aliphatic heterocycles. The number of aliphatic hydroxyl groups is 1. The van der Waals surface area contributed by atoms with E-state index in [4.69, 9.17) is 0 Å². The molecule has 0 aromatic heterocycles. The van der Waals surface area contributed by atoms with Crippen LogP contribution >= 0.6 is 47.8 Å². The first kappa shape index (κ1) is 15.8. The molecule has 0 amide bonds. The Morgan fingerprint density at radius 3 is 2.37 bits per heavy atom. The van der Waals surface area contributed by atoms with Gasteiger partial charge in [0.25, 0.3) is 0 Å². The summed E-state index contributed by atoms with van der Waals surface area (Å²) in [4.78, 5) is 0. The van der Waals surface area contributed by atoms with E-state index in [1.165, 1.54) is 0 Å². The van der Waals surface area contributed by atoms with Gasteiger partial charge < -0.3 is 15.5 Å². The zero-order chi connectivity index (χ0) is 14.0. The molecule has 3 nitrogen and oxygen atoms in total. The van der Waals surface area contributed by atoms with Crippen LogP contribution in [0.5, 0.6) is 5.75 Å². The van der Waals surface area contributed by atoms with Gasteiger partial charge in [-0.25, -0.2) is 0 Å². The molecule has 2 rings (SSSR count). The molecule has 1 fully saturated rings. The Labute approximate surface area is 138 Å². The van der Waals surface area contributed by atoms with Crippen LogP contribution in [0.4, 0.5) is 0 Å². The lowest BCUT2D eigenvalue weighted by atomic mass is 9.93. The highest BCUT2D eigenvalue weighted by molar-refractivity contribution is 9.11. The van der Waals surface area contributed by atoms with Crippen LogP contribution in [0.1, 0.15) is 31.2 Å². The maximum Gasteiger partial charge on any atom is 0.144 e. The first-order valence-electron chi connectivity index (χ1n) is 6.25. The highest BCUT2D eigenvalue weighted by Gasteiger charge is 2.20. The van der Waals surface area contributed by atoms with Gasteiger partial charge in [0.2, 0.25) is 0 Å². The van der Waals surface area contributed by atoms with Crippen LogP contribution < -0.4 is 5.32 Å². The largest absolute Gasteiger partial charge is 0.506 e. The smallest absolute Gasteiger partial charge is 0.144 e. The maximum absolute atomic E-state index is 9.91. The summed E-state index contributed by atoms with van der Waals surface area (Å²) in [6.45, 7) is 0.683. The van der Waals surface area contributed by atoms with Crippen molar-refractivity contribution in [2.24, 2.45) is 0 Å². The molecular formula is C13H16Br3NO2. The molecule has 6 heteroatoms. The lowest BCUT2D eigenvalue weighted by molar-refractivity contribution is 0.116. The molecule has 0 heterocycles. The van der Waals surface area contributed by atoms with Crippen LogP contribution in [0.15, 0.2) is 19.5 Å². The molecule has 1 saturated carbocycles. The third-order valence-corrected chi connectivity index (χ3v) is 5.67. The van der Waals surface area contributed by atoms with E-state index in [0.717, 1.165) is 35.7 Å². The van der Waals surface area contributed by atoms with Crippen molar-refractivity contribution in [3.05, 3.63) is 25.0 Å². The topological polar surface area (TPSA) is 52.5 Å². The van der Waals surface area contributed by atoms with Crippen molar-refractivity contribution in [1.82, 2.24) is 5.32 Å². The van der Waals surface area contributed by atoms with Crippen molar-refractivity contribution < 1.29 is 10.2 Å². The Hall–Kier alpha value is 0.380. The minimum Gasteiger partial charge on any atom is -0.506 e. The van der Waals surface area contributed by atoms with Crippen molar-refractivity contribution in [2.45, 2.75) is 44.4 Å². The molecule has 0 atom stereocenters. The second-order valence-electron chi connectivity index (χ2n) is 4.87. The fraction of sp³-hybridized carbons (Fsp3) is 0.538. The van der Waals surface area contributed by atoms with E-state index < -0.39 is 0 Å². The number of phenols is 1. The van der Waals surface area contributed by atoms with E-state index in [9.17, 15) is 10.2 Å². The average Bonchev–Trinajstić information content (AvgIpc) is 2.38. The lowest BCUT2D eigenvalue weighted by Gasteiger charge is -2.26. The van der Waals surface area contributed by atoms with Crippen molar-refractivity contribution in [1.29, 1.82) is 0 Å². The zero-order valence-corrected chi connectivity index (χ0v) is 15.1. The van der Waals surface area contributed by atoms with Crippen LogP contribution in [-0.4, -0.2) is 22.4 Å². The number of aliphatic hydroxyl groups excluding tert-OH is 1. The zero-order valence-electron chi connectivity index (χ0n) is 10.3. The fourth-order valence-corrected chi connectivity index (χ4v) is 4.71. The van der Waals surface area contributed by atoms with Crippen LogP contribution in [0.3, 0.4) is 0 Å². The molecule has 1 aliphatic carbocycles. The Morgan fingerprint density at radius 2 is 1.74 bits per heavy atom. The molecule has 0 radical (unpaired) electrons. The summed E-state index contributed by atoms with van der Waals surface area (Å²) in [5, 5.41) is 22.9. The van der Waals surface area contributed by atoms with Gasteiger partial charge in [-0.05, 0) is 69.2 Å². The summed E-state index contributed by atoms with van der Waals surface area (Å²) >= 11 is 10.2. The first-order valence-corrected chi connectivity index (χ1v) is 8.63. The first-order chi connectivity index (χ1) is 8.99. The van der Waals surface area contributed by atoms with Crippen molar-refractivity contribution in [3.63, 3.8) is 0 Å². The Kier molecular flexibility index (Phi) is 5.72. The second-order valence-corrected chi connectivity index (χ2v) is 7.37. The summed E-state index contributed by atoms with van der Waals surface area (Å²) in [6.07, 6.45) is 3.60. The van der Waals surface area contributed by atoms with Crippen molar-refractivity contribution >= 4 is 47.8 Å². The molecule has 0 saturated heterocycles. The van der Waals surface area contributed by atoms with Crippen LogP contribution in [0.25, 0.3) is 0 Å². The van der Waals surface area contributed by atoms with E-state index in [2.05, 4.69) is 53.1 Å². The fourth-order valence-electron chi connectivity index (χ4n) is 2.31. The number of hydrogen-bond acceptors (Lipinski definition) is 3. The van der Waals surface area contributed by atoms with E-state index in [0.29, 0.717) is 21.5 Å². The normalized spacial score (nSPS) is 23.6. The predicted octanol–water partition coefficient (Wildman–Crippen LogP) is 4.07. The number of rotatable bonds is 3. The van der Waals surface area contributed by atoms with Gasteiger partial charge >= 0.3 is 0 Å². The number of phenolic OH excluding ortho intramolecular Hbond substituents is 1. The standard InChI is InChI=1S/C13H16Br3NO2/c14-10-5-11(15)13(19)12(16)9(10)6-17-7-1-3-8(18)4-2-7/h5,7-8,17-19H,1-4,6H2. The minimum absolute atomic E-state index is 0.131. The predicted molar refractivity (Wildman–Crippen MR) is 86.3 cm³/mol. The van der Waals surface area contributed by atoms with Crippen LogP contribution in [0.2, 0.25) is 0 Å². The SMILES string of the molecule is Oc1c(Br)cc(Br)c(CNC2CCC(O)CC2)c1Br. The highest BCUT2D eigenvalue weighted by atomic mass is 79.9. The number of halogens is 3. The maximum atomic E-state index is 9.91. The van der Waals surface area contributed by atoms with Gasteiger partial charge in [-0.3, -0.25) is 0 Å². The summed E-state index contributed by atoms with van der Waals surface area (Å²) in [7, 11) is 0. The van der Waals surface area contributed by atoms with Gasteiger partial charge in [0.1, 0.15) is 5.75 Å². The monoisotopic (exact) mass is 455 g/mol. The van der Waals surface area contributed by atoms with Gasteiger partial charge in [-0.2, -0.15) is 0 Å². The molecule has 1 aromatic carbocycles. The van der Waals surface area contributed by atoms with Crippen LogP contribution in [0, 0.1) is 0 Å². The van der Waals surface area contributed by atoms with E-state index >= 15 is 0 Å². The number of aromatic hydroxyl groups is 1. The summed E-state index contributed by atoms with van der Waals surface area (Å²) in [5.74, 6) is 0.221. The average molecular weight is 458 g/mol. The van der Waals surface area contributed by atoms with Gasteiger partial charge in [-0.1, -0.05) is 15.9 Å². The third-order valence-electron chi connectivity index (χ3n) is 3.51. The van der Waals surface area contributed by atoms with Crippen molar-refractivity contribution in [3.8, 4) is 5.75 Å². The Balaban J connectivity index is 2.02. The van der Waals surface area contributed by atoms with Gasteiger partial charge in [-0.15, -0.1) is 0 Å². The summed E-state index contributed by atoms with van der Waals surface area (Å²) < 4.78 is 2.32. The second kappa shape index (κ2) is 6.89. The number of hydrogen-bond donors (Lipinski definition) is 3. The van der Waals surface area contributed by atoms with E-state index in [-0.39, 0.29) is 11.9 Å². The van der Waals surface area contributed by atoms with E-state index in [1.54, 1.807) is 0 Å². The molecule has 1 aliphatic rings. The summed E-state index contributed by atoms with van der Waals surface area (Å²) in [5.41, 5.74) is 1.01. The Bertz CT molecular complexity index is 460. The summed E-state index contributed by atoms with van der Waals surface area (Å²) in [6, 6.07) is 2.29. The molecule has 19 heavy (non-hydrogen) atoms. The van der Waals surface area contributed by atoms with Gasteiger partial charge in [0.05, 0.1) is 15.0 Å². The molecule has 106 valence electrons. The molecule has 0 unspecified atom stereocenters. The molecule has 0 bridgehead atoms. The number of nitrogens with one attached hydrogen (secondary N) is 1. The van der Waals surface area contributed by atoms with Crippen molar-refractivity contribution in [2.75, 3.05) is 0 Å². The highest BCUT2D eigenvalue weighted by Crippen LogP contribution is 2.39. The van der Waals surface area contributed by atoms with Gasteiger partial charge in [0, 0.05) is 17.1 Å². The molecule has 1 aromatic rings. The molecule has 0 spiro atoms.